The number of carboxylic acids is 1. The maximum Gasteiger partial charge on any atom is 0.337 e. The van der Waals surface area contributed by atoms with E-state index in [2.05, 4.69) is 16.0 Å². The standard InChI is InChI=1S/C13H15N3O2/c14-6-2-8-16(10-4-5-10)9-12-11(13(17)18)3-1-7-15-12/h1,3,7,10H,2,4-5,8-9H2,(H,17,18). The summed E-state index contributed by atoms with van der Waals surface area (Å²) in [7, 11) is 0. The van der Waals surface area contributed by atoms with Crippen LogP contribution in [0.15, 0.2) is 18.3 Å². The van der Waals surface area contributed by atoms with Gasteiger partial charge in [-0.1, -0.05) is 0 Å². The van der Waals surface area contributed by atoms with Crippen LogP contribution in [-0.2, 0) is 6.54 Å². The monoisotopic (exact) mass is 245 g/mol. The van der Waals surface area contributed by atoms with Crippen molar-refractivity contribution in [2.45, 2.75) is 31.8 Å². The molecular weight excluding hydrogens is 230 g/mol. The lowest BCUT2D eigenvalue weighted by molar-refractivity contribution is 0.0693. The van der Waals surface area contributed by atoms with Gasteiger partial charge in [-0.2, -0.15) is 5.26 Å². The van der Waals surface area contributed by atoms with Crippen molar-refractivity contribution < 1.29 is 9.90 Å². The number of hydrogen-bond donors (Lipinski definition) is 1. The van der Waals surface area contributed by atoms with Crippen LogP contribution in [0.5, 0.6) is 0 Å². The van der Waals surface area contributed by atoms with Crippen molar-refractivity contribution >= 4 is 5.97 Å². The molecule has 0 amide bonds. The Morgan fingerprint density at radius 3 is 3.00 bits per heavy atom. The fraction of sp³-hybridized carbons (Fsp3) is 0.462. The minimum absolute atomic E-state index is 0.250. The second-order valence-electron chi connectivity index (χ2n) is 4.41. The molecule has 0 aliphatic heterocycles. The lowest BCUT2D eigenvalue weighted by Gasteiger charge is -2.20. The Labute approximate surface area is 106 Å². The molecule has 2 rings (SSSR count). The molecule has 1 aromatic rings. The molecule has 0 saturated heterocycles. The molecule has 1 N–H and O–H groups in total. The predicted octanol–water partition coefficient (Wildman–Crippen LogP) is 1.66. The number of aromatic carboxylic acids is 1. The van der Waals surface area contributed by atoms with Gasteiger partial charge in [0.2, 0.25) is 0 Å². The van der Waals surface area contributed by atoms with E-state index in [4.69, 9.17) is 10.4 Å². The Morgan fingerprint density at radius 1 is 1.61 bits per heavy atom. The molecule has 0 aromatic carbocycles. The molecular formula is C13H15N3O2. The third kappa shape index (κ3) is 3.05. The maximum atomic E-state index is 11.1. The van der Waals surface area contributed by atoms with E-state index in [1.807, 2.05) is 0 Å². The fourth-order valence-electron chi connectivity index (χ4n) is 1.98. The molecule has 0 spiro atoms. The van der Waals surface area contributed by atoms with Crippen LogP contribution in [0.1, 0.15) is 35.3 Å². The first-order chi connectivity index (χ1) is 8.72. The van der Waals surface area contributed by atoms with Gasteiger partial charge in [-0.05, 0) is 25.0 Å². The molecule has 0 atom stereocenters. The van der Waals surface area contributed by atoms with Crippen molar-refractivity contribution in [3.63, 3.8) is 0 Å². The highest BCUT2D eigenvalue weighted by Crippen LogP contribution is 2.28. The molecule has 94 valence electrons. The number of nitriles is 1. The summed E-state index contributed by atoms with van der Waals surface area (Å²) in [5.74, 6) is -0.950. The Balaban J connectivity index is 2.11. The van der Waals surface area contributed by atoms with Gasteiger partial charge in [0.05, 0.1) is 17.3 Å². The van der Waals surface area contributed by atoms with Crippen LogP contribution >= 0.6 is 0 Å². The van der Waals surface area contributed by atoms with E-state index in [1.54, 1.807) is 18.3 Å². The summed E-state index contributed by atoms with van der Waals surface area (Å²) in [5.41, 5.74) is 0.829. The lowest BCUT2D eigenvalue weighted by Crippen LogP contribution is -2.28. The van der Waals surface area contributed by atoms with Gasteiger partial charge >= 0.3 is 5.97 Å². The molecule has 1 aromatic heterocycles. The van der Waals surface area contributed by atoms with Crippen LogP contribution in [-0.4, -0.2) is 33.5 Å². The average molecular weight is 245 g/mol. The van der Waals surface area contributed by atoms with Crippen molar-refractivity contribution in [1.82, 2.24) is 9.88 Å². The summed E-state index contributed by atoms with van der Waals surface area (Å²) in [6, 6.07) is 5.81. The third-order valence-electron chi connectivity index (χ3n) is 3.05. The third-order valence-corrected chi connectivity index (χ3v) is 3.05. The van der Waals surface area contributed by atoms with Gasteiger partial charge < -0.3 is 5.11 Å². The van der Waals surface area contributed by atoms with Crippen molar-refractivity contribution in [3.8, 4) is 6.07 Å². The largest absolute Gasteiger partial charge is 0.478 e. The first-order valence-electron chi connectivity index (χ1n) is 6.00. The normalized spacial score (nSPS) is 14.4. The smallest absolute Gasteiger partial charge is 0.337 e. The molecule has 1 aliphatic rings. The van der Waals surface area contributed by atoms with Crippen molar-refractivity contribution in [2.24, 2.45) is 0 Å². The van der Waals surface area contributed by atoms with Gasteiger partial charge in [-0.15, -0.1) is 0 Å². The van der Waals surface area contributed by atoms with Crippen LogP contribution in [0.3, 0.4) is 0 Å². The Morgan fingerprint density at radius 2 is 2.39 bits per heavy atom. The van der Waals surface area contributed by atoms with Crippen molar-refractivity contribution in [1.29, 1.82) is 5.26 Å². The zero-order chi connectivity index (χ0) is 13.0. The summed E-state index contributed by atoms with van der Waals surface area (Å²) in [5, 5.41) is 17.7. The second kappa shape index (κ2) is 5.61. The predicted molar refractivity (Wildman–Crippen MR) is 64.9 cm³/mol. The van der Waals surface area contributed by atoms with E-state index in [0.29, 0.717) is 31.2 Å². The number of carbonyl (C=O) groups is 1. The number of carboxylic acid groups (broad SMARTS) is 1. The zero-order valence-electron chi connectivity index (χ0n) is 10.0. The average Bonchev–Trinajstić information content (AvgIpc) is 3.19. The molecule has 0 bridgehead atoms. The topological polar surface area (TPSA) is 77.2 Å². The molecule has 5 heteroatoms. The summed E-state index contributed by atoms with van der Waals surface area (Å²) in [4.78, 5) is 17.4. The van der Waals surface area contributed by atoms with Crippen LogP contribution in [0.4, 0.5) is 0 Å². The maximum absolute atomic E-state index is 11.1. The number of hydrogen-bond acceptors (Lipinski definition) is 4. The van der Waals surface area contributed by atoms with E-state index >= 15 is 0 Å². The summed E-state index contributed by atoms with van der Waals surface area (Å²) in [6.07, 6.45) is 4.32. The number of rotatable bonds is 6. The van der Waals surface area contributed by atoms with Gasteiger partial charge in [0.25, 0.3) is 0 Å². The van der Waals surface area contributed by atoms with Crippen molar-refractivity contribution in [3.05, 3.63) is 29.6 Å². The summed E-state index contributed by atoms with van der Waals surface area (Å²) in [6.45, 7) is 1.19. The summed E-state index contributed by atoms with van der Waals surface area (Å²) >= 11 is 0. The molecule has 1 aliphatic carbocycles. The van der Waals surface area contributed by atoms with Crippen LogP contribution in [0.25, 0.3) is 0 Å². The zero-order valence-corrected chi connectivity index (χ0v) is 10.0. The highest BCUT2D eigenvalue weighted by Gasteiger charge is 2.29. The van der Waals surface area contributed by atoms with Crippen LogP contribution in [0.2, 0.25) is 0 Å². The van der Waals surface area contributed by atoms with Crippen molar-refractivity contribution in [2.75, 3.05) is 6.54 Å². The first-order valence-corrected chi connectivity index (χ1v) is 6.00. The Kier molecular flexibility index (Phi) is 3.90. The van der Waals surface area contributed by atoms with E-state index in [-0.39, 0.29) is 5.56 Å². The van der Waals surface area contributed by atoms with E-state index in [9.17, 15) is 4.79 Å². The lowest BCUT2D eigenvalue weighted by atomic mass is 10.2. The highest BCUT2D eigenvalue weighted by molar-refractivity contribution is 5.88. The SMILES string of the molecule is N#CCCN(Cc1ncccc1C(=O)O)C1CC1. The molecule has 18 heavy (non-hydrogen) atoms. The minimum Gasteiger partial charge on any atom is -0.478 e. The van der Waals surface area contributed by atoms with E-state index < -0.39 is 5.97 Å². The molecule has 1 heterocycles. The molecule has 1 saturated carbocycles. The number of pyridine rings is 1. The highest BCUT2D eigenvalue weighted by atomic mass is 16.4. The fourth-order valence-corrected chi connectivity index (χ4v) is 1.98. The van der Waals surface area contributed by atoms with Crippen LogP contribution < -0.4 is 0 Å². The van der Waals surface area contributed by atoms with E-state index in [0.717, 1.165) is 12.8 Å². The number of aromatic nitrogens is 1. The van der Waals surface area contributed by atoms with Gasteiger partial charge in [-0.3, -0.25) is 9.88 Å². The number of nitrogens with zero attached hydrogens (tertiary/aromatic N) is 3. The van der Waals surface area contributed by atoms with Gasteiger partial charge in [0, 0.05) is 31.7 Å². The summed E-state index contributed by atoms with van der Waals surface area (Å²) < 4.78 is 0. The molecule has 5 nitrogen and oxygen atoms in total. The molecule has 0 unspecified atom stereocenters. The first kappa shape index (κ1) is 12.5. The van der Waals surface area contributed by atoms with Gasteiger partial charge in [0.1, 0.15) is 0 Å². The quantitative estimate of drug-likeness (QED) is 0.824. The van der Waals surface area contributed by atoms with Gasteiger partial charge in [-0.25, -0.2) is 4.79 Å². The Bertz CT molecular complexity index is 477. The second-order valence-corrected chi connectivity index (χ2v) is 4.41. The Hall–Kier alpha value is -1.93. The van der Waals surface area contributed by atoms with Crippen LogP contribution in [0, 0.1) is 11.3 Å². The molecule has 0 radical (unpaired) electrons. The minimum atomic E-state index is -0.950. The van der Waals surface area contributed by atoms with E-state index in [1.165, 1.54) is 0 Å². The van der Waals surface area contributed by atoms with Gasteiger partial charge in [0.15, 0.2) is 0 Å². The molecule has 1 fully saturated rings.